The van der Waals surface area contributed by atoms with Crippen molar-refractivity contribution in [2.45, 2.75) is 13.8 Å². The molecular formula is C23H29N5O3. The average molecular weight is 424 g/mol. The first-order valence-electron chi connectivity index (χ1n) is 10.5. The van der Waals surface area contributed by atoms with Crippen LogP contribution < -0.4 is 20.9 Å². The van der Waals surface area contributed by atoms with Gasteiger partial charge in [0.2, 0.25) is 5.91 Å². The third-order valence-electron chi connectivity index (χ3n) is 5.24. The fourth-order valence-electron chi connectivity index (χ4n) is 3.45. The van der Waals surface area contributed by atoms with Gasteiger partial charge in [-0.05, 0) is 43.7 Å². The van der Waals surface area contributed by atoms with Gasteiger partial charge in [-0.1, -0.05) is 24.3 Å². The number of anilines is 2. The fourth-order valence-corrected chi connectivity index (χ4v) is 3.45. The Balaban J connectivity index is 1.47. The summed E-state index contributed by atoms with van der Waals surface area (Å²) in [6.07, 6.45) is 0. The van der Waals surface area contributed by atoms with E-state index in [-0.39, 0.29) is 18.4 Å². The van der Waals surface area contributed by atoms with Gasteiger partial charge in [0.25, 0.3) is 5.91 Å². The lowest BCUT2D eigenvalue weighted by Crippen LogP contribution is -2.51. The molecule has 1 aliphatic heterocycles. The van der Waals surface area contributed by atoms with E-state index in [1.165, 1.54) is 0 Å². The molecule has 4 amide bonds. The number of urea groups is 1. The van der Waals surface area contributed by atoms with Crippen LogP contribution in [0.25, 0.3) is 0 Å². The van der Waals surface area contributed by atoms with Crippen molar-refractivity contribution < 1.29 is 14.4 Å². The van der Waals surface area contributed by atoms with Crippen molar-refractivity contribution in [2.24, 2.45) is 0 Å². The lowest BCUT2D eigenvalue weighted by Gasteiger charge is -2.36. The number of carbonyl (C=O) groups excluding carboxylic acids is 3. The SMILES string of the molecule is CCNC(=O)c1ccc(C)c(NC(=O)NCC(=O)N2CCN(c3ccccc3)CC2)c1. The quantitative estimate of drug-likeness (QED) is 0.664. The zero-order valence-corrected chi connectivity index (χ0v) is 18.0. The number of piperazine rings is 1. The lowest BCUT2D eigenvalue weighted by molar-refractivity contribution is -0.130. The summed E-state index contributed by atoms with van der Waals surface area (Å²) < 4.78 is 0. The minimum atomic E-state index is -0.479. The first-order chi connectivity index (χ1) is 15.0. The van der Waals surface area contributed by atoms with Crippen molar-refractivity contribution in [3.05, 3.63) is 59.7 Å². The van der Waals surface area contributed by atoms with Gasteiger partial charge in [-0.15, -0.1) is 0 Å². The van der Waals surface area contributed by atoms with E-state index in [0.717, 1.165) is 24.3 Å². The Labute approximate surface area is 182 Å². The Morgan fingerprint density at radius 3 is 2.32 bits per heavy atom. The number of amides is 4. The van der Waals surface area contributed by atoms with Crippen LogP contribution in [0.15, 0.2) is 48.5 Å². The Morgan fingerprint density at radius 1 is 0.935 bits per heavy atom. The number of hydrogen-bond acceptors (Lipinski definition) is 4. The highest BCUT2D eigenvalue weighted by Gasteiger charge is 2.21. The highest BCUT2D eigenvalue weighted by atomic mass is 16.2. The summed E-state index contributed by atoms with van der Waals surface area (Å²) in [5.41, 5.74) is 2.98. The zero-order chi connectivity index (χ0) is 22.2. The predicted molar refractivity (Wildman–Crippen MR) is 121 cm³/mol. The van der Waals surface area contributed by atoms with Crippen LogP contribution in [0, 0.1) is 6.92 Å². The van der Waals surface area contributed by atoms with Gasteiger partial charge < -0.3 is 25.8 Å². The van der Waals surface area contributed by atoms with E-state index >= 15 is 0 Å². The van der Waals surface area contributed by atoms with Gasteiger partial charge in [-0.2, -0.15) is 0 Å². The van der Waals surface area contributed by atoms with E-state index in [1.807, 2.05) is 32.0 Å². The van der Waals surface area contributed by atoms with Crippen molar-refractivity contribution >= 4 is 29.2 Å². The van der Waals surface area contributed by atoms with E-state index in [0.29, 0.717) is 30.9 Å². The summed E-state index contributed by atoms with van der Waals surface area (Å²) >= 11 is 0. The summed E-state index contributed by atoms with van der Waals surface area (Å²) in [7, 11) is 0. The Kier molecular flexibility index (Phi) is 7.48. The molecule has 8 nitrogen and oxygen atoms in total. The van der Waals surface area contributed by atoms with Gasteiger partial charge in [-0.3, -0.25) is 9.59 Å². The Hall–Kier alpha value is -3.55. The number of rotatable bonds is 6. The number of nitrogens with zero attached hydrogens (tertiary/aromatic N) is 2. The molecule has 0 aliphatic carbocycles. The van der Waals surface area contributed by atoms with Gasteiger partial charge in [0, 0.05) is 49.7 Å². The highest BCUT2D eigenvalue weighted by molar-refractivity contribution is 5.98. The standard InChI is InChI=1S/C23H29N5O3/c1-3-24-22(30)18-10-9-17(2)20(15-18)26-23(31)25-16-21(29)28-13-11-27(12-14-28)19-7-5-4-6-8-19/h4-10,15H,3,11-14,16H2,1-2H3,(H,24,30)(H2,25,26,31). The summed E-state index contributed by atoms with van der Waals surface area (Å²) in [6, 6.07) is 14.7. The Morgan fingerprint density at radius 2 is 1.65 bits per heavy atom. The molecule has 0 radical (unpaired) electrons. The molecule has 1 aliphatic rings. The number of aryl methyl sites for hydroxylation is 1. The molecular weight excluding hydrogens is 394 g/mol. The molecule has 3 rings (SSSR count). The van der Waals surface area contributed by atoms with Gasteiger partial charge in [0.05, 0.1) is 6.54 Å². The summed E-state index contributed by atoms with van der Waals surface area (Å²) in [6.45, 7) is 6.88. The molecule has 0 aromatic heterocycles. The maximum Gasteiger partial charge on any atom is 0.319 e. The molecule has 0 spiro atoms. The number of benzene rings is 2. The largest absolute Gasteiger partial charge is 0.368 e. The van der Waals surface area contributed by atoms with E-state index in [2.05, 4.69) is 33.0 Å². The van der Waals surface area contributed by atoms with Crippen LogP contribution in [-0.4, -0.2) is 62.0 Å². The number of hydrogen-bond donors (Lipinski definition) is 3. The van der Waals surface area contributed by atoms with Crippen LogP contribution >= 0.6 is 0 Å². The van der Waals surface area contributed by atoms with Crippen molar-refractivity contribution in [1.29, 1.82) is 0 Å². The van der Waals surface area contributed by atoms with Gasteiger partial charge in [0.15, 0.2) is 0 Å². The molecule has 1 heterocycles. The monoisotopic (exact) mass is 423 g/mol. The van der Waals surface area contributed by atoms with Crippen molar-refractivity contribution in [3.63, 3.8) is 0 Å². The molecule has 1 saturated heterocycles. The van der Waals surface area contributed by atoms with E-state index in [4.69, 9.17) is 0 Å². The van der Waals surface area contributed by atoms with Gasteiger partial charge in [-0.25, -0.2) is 4.79 Å². The summed E-state index contributed by atoms with van der Waals surface area (Å²) in [4.78, 5) is 40.8. The van der Waals surface area contributed by atoms with Gasteiger partial charge in [0.1, 0.15) is 0 Å². The van der Waals surface area contributed by atoms with Crippen molar-refractivity contribution in [2.75, 3.05) is 49.5 Å². The first-order valence-corrected chi connectivity index (χ1v) is 10.5. The molecule has 164 valence electrons. The molecule has 2 aromatic carbocycles. The van der Waals surface area contributed by atoms with Crippen LogP contribution in [0.3, 0.4) is 0 Å². The third-order valence-corrected chi connectivity index (χ3v) is 5.24. The summed E-state index contributed by atoms with van der Waals surface area (Å²) in [5.74, 6) is -0.313. The third kappa shape index (κ3) is 5.97. The lowest BCUT2D eigenvalue weighted by atomic mass is 10.1. The molecule has 3 N–H and O–H groups in total. The molecule has 8 heteroatoms. The topological polar surface area (TPSA) is 93.8 Å². The average Bonchev–Trinajstić information content (AvgIpc) is 2.79. The second kappa shape index (κ2) is 10.5. The molecule has 1 fully saturated rings. The number of carbonyl (C=O) groups is 3. The minimum absolute atomic E-state index is 0.0772. The second-order valence-corrected chi connectivity index (χ2v) is 7.40. The normalized spacial score (nSPS) is 13.5. The minimum Gasteiger partial charge on any atom is -0.368 e. The molecule has 0 atom stereocenters. The van der Waals surface area contributed by atoms with Crippen LogP contribution in [0.4, 0.5) is 16.2 Å². The molecule has 0 unspecified atom stereocenters. The second-order valence-electron chi connectivity index (χ2n) is 7.40. The van der Waals surface area contributed by atoms with E-state index in [9.17, 15) is 14.4 Å². The highest BCUT2D eigenvalue weighted by Crippen LogP contribution is 2.17. The maximum atomic E-state index is 12.5. The number of para-hydroxylation sites is 1. The summed E-state index contributed by atoms with van der Waals surface area (Å²) in [5, 5.41) is 8.07. The molecule has 2 aromatic rings. The first kappa shape index (κ1) is 22.1. The Bertz CT molecular complexity index is 924. The smallest absolute Gasteiger partial charge is 0.319 e. The van der Waals surface area contributed by atoms with E-state index < -0.39 is 6.03 Å². The molecule has 31 heavy (non-hydrogen) atoms. The van der Waals surface area contributed by atoms with Crippen LogP contribution in [0.1, 0.15) is 22.8 Å². The maximum absolute atomic E-state index is 12.5. The van der Waals surface area contributed by atoms with Gasteiger partial charge >= 0.3 is 6.03 Å². The molecule has 0 saturated carbocycles. The van der Waals surface area contributed by atoms with Crippen LogP contribution in [0.2, 0.25) is 0 Å². The number of nitrogens with one attached hydrogen (secondary N) is 3. The van der Waals surface area contributed by atoms with E-state index in [1.54, 1.807) is 23.1 Å². The van der Waals surface area contributed by atoms with Crippen LogP contribution in [-0.2, 0) is 4.79 Å². The fraction of sp³-hybridized carbons (Fsp3) is 0.348. The van der Waals surface area contributed by atoms with Crippen molar-refractivity contribution in [1.82, 2.24) is 15.5 Å². The van der Waals surface area contributed by atoms with Crippen LogP contribution in [0.5, 0.6) is 0 Å². The van der Waals surface area contributed by atoms with Crippen molar-refractivity contribution in [3.8, 4) is 0 Å². The zero-order valence-electron chi connectivity index (χ0n) is 18.0. The predicted octanol–water partition coefficient (Wildman–Crippen LogP) is 2.22. The molecule has 0 bridgehead atoms.